The molecule has 1 aliphatic heterocycles. The van der Waals surface area contributed by atoms with Gasteiger partial charge in [-0.15, -0.1) is 0 Å². The number of nitrogens with zero attached hydrogens (tertiary/aromatic N) is 1. The van der Waals surface area contributed by atoms with Crippen LogP contribution >= 0.6 is 0 Å². The zero-order valence-electron chi connectivity index (χ0n) is 14.0. The Morgan fingerprint density at radius 3 is 2.81 bits per heavy atom. The van der Waals surface area contributed by atoms with Crippen LogP contribution in [0, 0.1) is 5.82 Å². The van der Waals surface area contributed by atoms with E-state index in [2.05, 4.69) is 15.6 Å². The van der Waals surface area contributed by atoms with Crippen molar-refractivity contribution < 1.29 is 14.0 Å². The van der Waals surface area contributed by atoms with E-state index in [9.17, 15) is 18.8 Å². The number of carbonyl (C=O) groups excluding carboxylic acids is 2. The van der Waals surface area contributed by atoms with Gasteiger partial charge in [0.2, 0.25) is 0 Å². The molecule has 2 aromatic rings. The monoisotopic (exact) mass is 358 g/mol. The quantitative estimate of drug-likeness (QED) is 0.715. The van der Waals surface area contributed by atoms with Gasteiger partial charge in [0.05, 0.1) is 6.04 Å². The molecule has 1 aliphatic rings. The lowest BCUT2D eigenvalue weighted by atomic mass is 10.0. The van der Waals surface area contributed by atoms with Crippen LogP contribution in [0.1, 0.15) is 15.9 Å². The maximum absolute atomic E-state index is 13.5. The molecule has 1 fully saturated rings. The van der Waals surface area contributed by atoms with Crippen LogP contribution in [0.15, 0.2) is 47.4 Å². The third kappa shape index (κ3) is 4.08. The first-order valence-corrected chi connectivity index (χ1v) is 8.29. The number of aromatic amines is 1. The van der Waals surface area contributed by atoms with Crippen molar-refractivity contribution in [2.24, 2.45) is 0 Å². The van der Waals surface area contributed by atoms with E-state index in [1.165, 1.54) is 24.4 Å². The largest absolute Gasteiger partial charge is 0.350 e. The van der Waals surface area contributed by atoms with Crippen LogP contribution < -0.4 is 16.2 Å². The highest BCUT2D eigenvalue weighted by molar-refractivity contribution is 5.93. The van der Waals surface area contributed by atoms with Crippen LogP contribution in [-0.2, 0) is 6.42 Å². The summed E-state index contributed by atoms with van der Waals surface area (Å²) in [4.78, 5) is 40.0. The molecule has 0 radical (unpaired) electrons. The Morgan fingerprint density at radius 1 is 1.27 bits per heavy atom. The SMILES string of the molecule is O=C(NCC(Cc1cccc(F)c1)N1CCNC1=O)c1ccc[nH]c1=O. The van der Waals surface area contributed by atoms with E-state index >= 15 is 0 Å². The molecular formula is C18H19FN4O3. The minimum atomic E-state index is -0.518. The van der Waals surface area contributed by atoms with Gasteiger partial charge in [-0.05, 0) is 36.2 Å². The van der Waals surface area contributed by atoms with Crippen molar-refractivity contribution in [2.75, 3.05) is 19.6 Å². The second-order valence-corrected chi connectivity index (χ2v) is 6.04. The molecule has 0 spiro atoms. The van der Waals surface area contributed by atoms with Gasteiger partial charge in [0.1, 0.15) is 11.4 Å². The summed E-state index contributed by atoms with van der Waals surface area (Å²) in [5, 5.41) is 5.42. The molecular weight excluding hydrogens is 339 g/mol. The van der Waals surface area contributed by atoms with Crippen LogP contribution in [0.2, 0.25) is 0 Å². The number of aromatic nitrogens is 1. The molecule has 7 nitrogen and oxygen atoms in total. The van der Waals surface area contributed by atoms with E-state index in [1.807, 2.05) is 0 Å². The van der Waals surface area contributed by atoms with Crippen molar-refractivity contribution in [2.45, 2.75) is 12.5 Å². The lowest BCUT2D eigenvalue weighted by molar-refractivity contribution is 0.0938. The molecule has 1 saturated heterocycles. The number of urea groups is 1. The Morgan fingerprint density at radius 2 is 2.12 bits per heavy atom. The molecule has 26 heavy (non-hydrogen) atoms. The summed E-state index contributed by atoms with van der Waals surface area (Å²) in [7, 11) is 0. The van der Waals surface area contributed by atoms with Crippen LogP contribution in [0.25, 0.3) is 0 Å². The van der Waals surface area contributed by atoms with Gasteiger partial charge in [-0.25, -0.2) is 9.18 Å². The minimum absolute atomic E-state index is 0.00267. The number of hydrogen-bond donors (Lipinski definition) is 3. The van der Waals surface area contributed by atoms with Crippen LogP contribution in [0.5, 0.6) is 0 Å². The molecule has 2 heterocycles. The number of pyridine rings is 1. The summed E-state index contributed by atoms with van der Waals surface area (Å²) in [6.45, 7) is 1.17. The summed E-state index contributed by atoms with van der Waals surface area (Å²) in [6, 6.07) is 8.55. The zero-order chi connectivity index (χ0) is 18.5. The number of amides is 3. The predicted octanol–water partition coefficient (Wildman–Crippen LogP) is 0.880. The van der Waals surface area contributed by atoms with E-state index < -0.39 is 11.5 Å². The van der Waals surface area contributed by atoms with Gasteiger partial charge in [-0.3, -0.25) is 9.59 Å². The third-order valence-electron chi connectivity index (χ3n) is 4.25. The Kier molecular flexibility index (Phi) is 5.31. The lowest BCUT2D eigenvalue weighted by Gasteiger charge is -2.27. The van der Waals surface area contributed by atoms with Crippen molar-refractivity contribution in [3.05, 3.63) is 69.9 Å². The molecule has 1 aromatic heterocycles. The second-order valence-electron chi connectivity index (χ2n) is 6.04. The lowest BCUT2D eigenvalue weighted by Crippen LogP contribution is -2.47. The molecule has 1 aromatic carbocycles. The Hall–Kier alpha value is -3.16. The van der Waals surface area contributed by atoms with E-state index in [1.54, 1.807) is 23.1 Å². The van der Waals surface area contributed by atoms with Crippen molar-refractivity contribution in [3.63, 3.8) is 0 Å². The maximum Gasteiger partial charge on any atom is 0.317 e. The molecule has 3 rings (SSSR count). The molecule has 1 atom stereocenters. The highest BCUT2D eigenvalue weighted by atomic mass is 19.1. The number of carbonyl (C=O) groups is 2. The highest BCUT2D eigenvalue weighted by Gasteiger charge is 2.28. The fraction of sp³-hybridized carbons (Fsp3) is 0.278. The first kappa shape index (κ1) is 17.7. The predicted molar refractivity (Wildman–Crippen MR) is 93.4 cm³/mol. The first-order valence-electron chi connectivity index (χ1n) is 8.29. The second kappa shape index (κ2) is 7.81. The number of hydrogen-bond acceptors (Lipinski definition) is 3. The minimum Gasteiger partial charge on any atom is -0.350 e. The molecule has 1 unspecified atom stereocenters. The Labute approximate surface area is 149 Å². The van der Waals surface area contributed by atoms with Crippen molar-refractivity contribution in [1.82, 2.24) is 20.5 Å². The summed E-state index contributed by atoms with van der Waals surface area (Å²) >= 11 is 0. The average Bonchev–Trinajstić information content (AvgIpc) is 3.04. The van der Waals surface area contributed by atoms with Crippen molar-refractivity contribution in [1.29, 1.82) is 0 Å². The average molecular weight is 358 g/mol. The Bertz CT molecular complexity index is 867. The number of H-pyrrole nitrogens is 1. The fourth-order valence-corrected chi connectivity index (χ4v) is 2.97. The molecule has 136 valence electrons. The van der Waals surface area contributed by atoms with E-state index in [-0.39, 0.29) is 30.0 Å². The molecule has 0 saturated carbocycles. The van der Waals surface area contributed by atoms with Crippen molar-refractivity contribution >= 4 is 11.9 Å². The first-order chi connectivity index (χ1) is 12.5. The maximum atomic E-state index is 13.5. The number of nitrogens with one attached hydrogen (secondary N) is 3. The molecule has 8 heteroatoms. The highest BCUT2D eigenvalue weighted by Crippen LogP contribution is 2.13. The van der Waals surface area contributed by atoms with Gasteiger partial charge in [0, 0.05) is 25.8 Å². The Balaban J connectivity index is 1.73. The van der Waals surface area contributed by atoms with Gasteiger partial charge in [0.15, 0.2) is 0 Å². The normalized spacial score (nSPS) is 14.8. The molecule has 0 bridgehead atoms. The summed E-state index contributed by atoms with van der Waals surface area (Å²) in [5.74, 6) is -0.873. The molecule has 3 N–H and O–H groups in total. The van der Waals surface area contributed by atoms with E-state index in [0.29, 0.717) is 19.5 Å². The van der Waals surface area contributed by atoms with Crippen LogP contribution in [-0.4, -0.2) is 47.5 Å². The third-order valence-corrected chi connectivity index (χ3v) is 4.25. The standard InChI is InChI=1S/C18H19FN4O3/c19-13-4-1-3-12(9-13)10-14(23-8-7-21-18(23)26)11-22-17(25)15-5-2-6-20-16(15)24/h1-6,9,14H,7-8,10-11H2,(H,20,24)(H,21,26)(H,22,25). The number of benzene rings is 1. The number of rotatable bonds is 6. The topological polar surface area (TPSA) is 94.3 Å². The zero-order valence-corrected chi connectivity index (χ0v) is 14.0. The summed E-state index contributed by atoms with van der Waals surface area (Å²) in [6.07, 6.45) is 1.83. The van der Waals surface area contributed by atoms with Crippen molar-refractivity contribution in [3.8, 4) is 0 Å². The van der Waals surface area contributed by atoms with Crippen LogP contribution in [0.4, 0.5) is 9.18 Å². The van der Waals surface area contributed by atoms with Gasteiger partial charge in [0.25, 0.3) is 11.5 Å². The van der Waals surface area contributed by atoms with Gasteiger partial charge in [-0.2, -0.15) is 0 Å². The van der Waals surface area contributed by atoms with Crippen LogP contribution in [0.3, 0.4) is 0 Å². The fourth-order valence-electron chi connectivity index (χ4n) is 2.97. The van der Waals surface area contributed by atoms with Gasteiger partial charge >= 0.3 is 6.03 Å². The van der Waals surface area contributed by atoms with E-state index in [0.717, 1.165) is 5.56 Å². The summed E-state index contributed by atoms with van der Waals surface area (Å²) in [5.41, 5.74) is 0.245. The summed E-state index contributed by atoms with van der Waals surface area (Å²) < 4.78 is 13.5. The molecule has 3 amide bonds. The van der Waals surface area contributed by atoms with Gasteiger partial charge in [-0.1, -0.05) is 12.1 Å². The smallest absolute Gasteiger partial charge is 0.317 e. The van der Waals surface area contributed by atoms with E-state index in [4.69, 9.17) is 0 Å². The van der Waals surface area contributed by atoms with Gasteiger partial charge < -0.3 is 20.5 Å². The molecule has 0 aliphatic carbocycles. The number of halogens is 1.